The normalized spacial score (nSPS) is 18.8. The molecule has 0 amide bonds. The van der Waals surface area contributed by atoms with Gasteiger partial charge in [-0.25, -0.2) is 4.68 Å². The molecule has 3 heterocycles. The molecular formula is C16H23N5O. The SMILES string of the molecule is COc1c([C@H]2CCCN2Cc2cnc(C)cn2)c(C)nn1C. The van der Waals surface area contributed by atoms with Crippen molar-refractivity contribution in [1.29, 1.82) is 0 Å². The smallest absolute Gasteiger partial charge is 0.216 e. The van der Waals surface area contributed by atoms with E-state index in [2.05, 4.69) is 26.9 Å². The van der Waals surface area contributed by atoms with Crippen LogP contribution in [-0.4, -0.2) is 38.3 Å². The van der Waals surface area contributed by atoms with Gasteiger partial charge in [0.1, 0.15) is 0 Å². The van der Waals surface area contributed by atoms with Crippen LogP contribution in [0.2, 0.25) is 0 Å². The Kier molecular flexibility index (Phi) is 4.11. The Balaban J connectivity index is 1.86. The number of aryl methyl sites for hydroxylation is 3. The van der Waals surface area contributed by atoms with Crippen LogP contribution < -0.4 is 4.74 Å². The molecule has 118 valence electrons. The molecule has 0 spiro atoms. The van der Waals surface area contributed by atoms with Gasteiger partial charge in [0.25, 0.3) is 0 Å². The third-order valence-corrected chi connectivity index (χ3v) is 4.30. The Morgan fingerprint density at radius 1 is 1.27 bits per heavy atom. The van der Waals surface area contributed by atoms with E-state index in [0.29, 0.717) is 6.04 Å². The van der Waals surface area contributed by atoms with Crippen molar-refractivity contribution in [3.05, 3.63) is 35.0 Å². The molecule has 0 bridgehead atoms. The van der Waals surface area contributed by atoms with Gasteiger partial charge in [-0.3, -0.25) is 14.9 Å². The van der Waals surface area contributed by atoms with Crippen LogP contribution in [0, 0.1) is 13.8 Å². The van der Waals surface area contributed by atoms with Crippen LogP contribution in [0.25, 0.3) is 0 Å². The highest BCUT2D eigenvalue weighted by Gasteiger charge is 2.32. The molecule has 6 heteroatoms. The lowest BCUT2D eigenvalue weighted by Crippen LogP contribution is -2.24. The fourth-order valence-electron chi connectivity index (χ4n) is 3.33. The summed E-state index contributed by atoms with van der Waals surface area (Å²) in [6.07, 6.45) is 6.01. The average molecular weight is 301 g/mol. The van der Waals surface area contributed by atoms with Gasteiger partial charge in [0.2, 0.25) is 5.88 Å². The van der Waals surface area contributed by atoms with Crippen molar-refractivity contribution in [2.45, 2.75) is 39.3 Å². The first-order chi connectivity index (χ1) is 10.6. The van der Waals surface area contributed by atoms with Crippen molar-refractivity contribution >= 4 is 0 Å². The Morgan fingerprint density at radius 3 is 2.77 bits per heavy atom. The molecule has 6 nitrogen and oxygen atoms in total. The van der Waals surface area contributed by atoms with Gasteiger partial charge in [-0.15, -0.1) is 0 Å². The first-order valence-corrected chi connectivity index (χ1v) is 7.69. The third-order valence-electron chi connectivity index (χ3n) is 4.30. The lowest BCUT2D eigenvalue weighted by atomic mass is 10.0. The topological polar surface area (TPSA) is 56.1 Å². The number of likely N-dealkylation sites (tertiary alicyclic amines) is 1. The van der Waals surface area contributed by atoms with Crippen molar-refractivity contribution in [3.8, 4) is 5.88 Å². The van der Waals surface area contributed by atoms with Crippen molar-refractivity contribution in [3.63, 3.8) is 0 Å². The second-order valence-electron chi connectivity index (χ2n) is 5.91. The summed E-state index contributed by atoms with van der Waals surface area (Å²) in [5, 5.41) is 4.52. The maximum absolute atomic E-state index is 5.57. The number of hydrogen-bond donors (Lipinski definition) is 0. The quantitative estimate of drug-likeness (QED) is 0.866. The van der Waals surface area contributed by atoms with E-state index < -0.39 is 0 Å². The maximum Gasteiger partial charge on any atom is 0.216 e. The molecule has 0 saturated carbocycles. The van der Waals surface area contributed by atoms with Gasteiger partial charge in [-0.2, -0.15) is 5.10 Å². The predicted molar refractivity (Wildman–Crippen MR) is 83.7 cm³/mol. The fourth-order valence-corrected chi connectivity index (χ4v) is 3.33. The van der Waals surface area contributed by atoms with Crippen LogP contribution in [0.15, 0.2) is 12.4 Å². The summed E-state index contributed by atoms with van der Waals surface area (Å²) in [7, 11) is 3.64. The van der Waals surface area contributed by atoms with E-state index in [1.165, 1.54) is 12.0 Å². The van der Waals surface area contributed by atoms with E-state index >= 15 is 0 Å². The molecule has 0 aliphatic carbocycles. The van der Waals surface area contributed by atoms with Gasteiger partial charge in [-0.05, 0) is 33.2 Å². The Bertz CT molecular complexity index is 649. The molecule has 2 aromatic heterocycles. The van der Waals surface area contributed by atoms with Crippen LogP contribution in [0.3, 0.4) is 0 Å². The van der Waals surface area contributed by atoms with E-state index in [0.717, 1.165) is 42.5 Å². The molecule has 0 aromatic carbocycles. The fraction of sp³-hybridized carbons (Fsp3) is 0.562. The summed E-state index contributed by atoms with van der Waals surface area (Å²) in [4.78, 5) is 11.3. The zero-order valence-electron chi connectivity index (χ0n) is 13.7. The molecule has 1 fully saturated rings. The van der Waals surface area contributed by atoms with E-state index in [-0.39, 0.29) is 0 Å². The number of nitrogens with zero attached hydrogens (tertiary/aromatic N) is 5. The van der Waals surface area contributed by atoms with Crippen LogP contribution in [0.4, 0.5) is 0 Å². The minimum atomic E-state index is 0.340. The minimum Gasteiger partial charge on any atom is -0.481 e. The molecular weight excluding hydrogens is 278 g/mol. The van der Waals surface area contributed by atoms with Gasteiger partial charge in [0.15, 0.2) is 0 Å². The summed E-state index contributed by atoms with van der Waals surface area (Å²) < 4.78 is 7.40. The number of hydrogen-bond acceptors (Lipinski definition) is 5. The molecule has 1 aliphatic rings. The summed E-state index contributed by atoms with van der Waals surface area (Å²) >= 11 is 0. The summed E-state index contributed by atoms with van der Waals surface area (Å²) in [5.41, 5.74) is 4.22. The first-order valence-electron chi connectivity index (χ1n) is 7.69. The van der Waals surface area contributed by atoms with Crippen LogP contribution in [-0.2, 0) is 13.6 Å². The number of ether oxygens (including phenoxy) is 1. The lowest BCUT2D eigenvalue weighted by Gasteiger charge is -2.24. The number of aromatic nitrogens is 4. The third kappa shape index (κ3) is 2.70. The first kappa shape index (κ1) is 15.0. The van der Waals surface area contributed by atoms with Crippen molar-refractivity contribution in [2.75, 3.05) is 13.7 Å². The Morgan fingerprint density at radius 2 is 2.09 bits per heavy atom. The van der Waals surface area contributed by atoms with E-state index in [1.807, 2.05) is 31.0 Å². The largest absolute Gasteiger partial charge is 0.481 e. The minimum absolute atomic E-state index is 0.340. The Labute approximate surface area is 131 Å². The van der Waals surface area contributed by atoms with Crippen molar-refractivity contribution in [2.24, 2.45) is 7.05 Å². The summed E-state index contributed by atoms with van der Waals surface area (Å²) in [5.74, 6) is 0.865. The average Bonchev–Trinajstić information content (AvgIpc) is 3.04. The zero-order chi connectivity index (χ0) is 15.7. The second kappa shape index (κ2) is 6.04. The molecule has 3 rings (SSSR count). The number of rotatable bonds is 4. The van der Waals surface area contributed by atoms with Crippen molar-refractivity contribution < 1.29 is 4.74 Å². The molecule has 2 aromatic rings. The highest BCUT2D eigenvalue weighted by Crippen LogP contribution is 2.39. The molecule has 22 heavy (non-hydrogen) atoms. The van der Waals surface area contributed by atoms with Gasteiger partial charge >= 0.3 is 0 Å². The van der Waals surface area contributed by atoms with E-state index in [1.54, 1.807) is 7.11 Å². The second-order valence-corrected chi connectivity index (χ2v) is 5.91. The monoisotopic (exact) mass is 301 g/mol. The van der Waals surface area contributed by atoms with Gasteiger partial charge in [0, 0.05) is 32.0 Å². The van der Waals surface area contributed by atoms with Gasteiger partial charge in [-0.1, -0.05) is 0 Å². The zero-order valence-corrected chi connectivity index (χ0v) is 13.7. The predicted octanol–water partition coefficient (Wildman–Crippen LogP) is 2.17. The molecule has 1 atom stereocenters. The highest BCUT2D eigenvalue weighted by molar-refractivity contribution is 5.35. The van der Waals surface area contributed by atoms with Crippen molar-refractivity contribution in [1.82, 2.24) is 24.6 Å². The lowest BCUT2D eigenvalue weighted by molar-refractivity contribution is 0.238. The summed E-state index contributed by atoms with van der Waals surface area (Å²) in [6.45, 7) is 5.90. The van der Waals surface area contributed by atoms with Crippen LogP contribution >= 0.6 is 0 Å². The number of methoxy groups -OCH3 is 1. The molecule has 0 radical (unpaired) electrons. The van der Waals surface area contributed by atoms with Crippen LogP contribution in [0.1, 0.15) is 41.5 Å². The maximum atomic E-state index is 5.57. The van der Waals surface area contributed by atoms with Gasteiger partial charge < -0.3 is 4.74 Å². The van der Waals surface area contributed by atoms with E-state index in [4.69, 9.17) is 4.74 Å². The van der Waals surface area contributed by atoms with Gasteiger partial charge in [0.05, 0.1) is 29.8 Å². The van der Waals surface area contributed by atoms with E-state index in [9.17, 15) is 0 Å². The summed E-state index contributed by atoms with van der Waals surface area (Å²) in [6, 6.07) is 0.340. The molecule has 1 saturated heterocycles. The molecule has 0 N–H and O–H groups in total. The van der Waals surface area contributed by atoms with Crippen LogP contribution in [0.5, 0.6) is 5.88 Å². The highest BCUT2D eigenvalue weighted by atomic mass is 16.5. The molecule has 1 aliphatic heterocycles. The Hall–Kier alpha value is -1.95. The standard InChI is InChI=1S/C16H23N5O/c1-11-8-18-13(9-17-11)10-21-7-5-6-14(21)15-12(2)19-20(3)16(15)22-4/h8-9,14H,5-7,10H2,1-4H3/t14-/m1/s1. The molecule has 0 unspecified atom stereocenters.